The van der Waals surface area contributed by atoms with Crippen LogP contribution in [0.3, 0.4) is 0 Å². The largest absolute Gasteiger partial charge is 0.353 e. The number of nitrogens with zero attached hydrogens (tertiary/aromatic N) is 2. The van der Waals surface area contributed by atoms with E-state index in [4.69, 9.17) is 39.6 Å². The summed E-state index contributed by atoms with van der Waals surface area (Å²) in [7, 11) is 0. The van der Waals surface area contributed by atoms with Gasteiger partial charge in [-0.1, -0.05) is 88.5 Å². The Balaban J connectivity index is 1.69. The van der Waals surface area contributed by atoms with Crippen molar-refractivity contribution < 1.29 is 9.63 Å². The van der Waals surface area contributed by atoms with E-state index in [2.05, 4.69) is 15.5 Å². The zero-order valence-corrected chi connectivity index (χ0v) is 18.1. The molecule has 154 valence electrons. The zero-order chi connectivity index (χ0) is 21.6. The second kappa shape index (κ2) is 7.68. The highest BCUT2D eigenvalue weighted by molar-refractivity contribution is 6.41. The van der Waals surface area contributed by atoms with Crippen LogP contribution in [0.25, 0.3) is 0 Å². The fourth-order valence-electron chi connectivity index (χ4n) is 3.81. The van der Waals surface area contributed by atoms with E-state index < -0.39 is 17.6 Å². The van der Waals surface area contributed by atoms with E-state index in [0.29, 0.717) is 32.2 Å². The van der Waals surface area contributed by atoms with Crippen molar-refractivity contribution in [3.05, 3.63) is 105 Å². The number of amides is 1. The van der Waals surface area contributed by atoms with Crippen LogP contribution in [0.2, 0.25) is 15.1 Å². The smallest absolute Gasteiger partial charge is 0.319 e. The number of rotatable bonds is 3. The maximum Gasteiger partial charge on any atom is 0.319 e. The molecule has 0 unspecified atom stereocenters. The fraction of sp³-hybridized carbons (Fsp3) is 0.0870. The first kappa shape index (κ1) is 20.1. The van der Waals surface area contributed by atoms with Gasteiger partial charge in [0.2, 0.25) is 0 Å². The molecule has 3 aromatic rings. The van der Waals surface area contributed by atoms with Crippen LogP contribution in [0.15, 0.2) is 82.9 Å². The second-order valence-corrected chi connectivity index (χ2v) is 8.38. The molecular formula is C23H14Cl3N3O2. The van der Waals surface area contributed by atoms with Gasteiger partial charge in [-0.2, -0.15) is 0 Å². The van der Waals surface area contributed by atoms with Crippen molar-refractivity contribution in [3.8, 4) is 0 Å². The van der Waals surface area contributed by atoms with Crippen LogP contribution < -0.4 is 5.32 Å². The van der Waals surface area contributed by atoms with E-state index in [1.807, 2.05) is 42.5 Å². The molecule has 0 aliphatic carbocycles. The maximum atomic E-state index is 13.3. The van der Waals surface area contributed by atoms with Crippen molar-refractivity contribution in [3.63, 3.8) is 0 Å². The van der Waals surface area contributed by atoms with Gasteiger partial charge < -0.3 is 10.2 Å². The predicted molar refractivity (Wildman–Crippen MR) is 122 cm³/mol. The lowest BCUT2D eigenvalue weighted by Crippen LogP contribution is -2.45. The van der Waals surface area contributed by atoms with Crippen molar-refractivity contribution in [2.75, 3.05) is 0 Å². The summed E-state index contributed by atoms with van der Waals surface area (Å²) in [6, 6.07) is 21.6. The van der Waals surface area contributed by atoms with E-state index in [1.165, 1.54) is 0 Å². The molecule has 0 aromatic heterocycles. The molecule has 2 aliphatic heterocycles. The molecule has 1 amide bonds. The number of oxime groups is 1. The Morgan fingerprint density at radius 3 is 2.23 bits per heavy atom. The lowest BCUT2D eigenvalue weighted by atomic mass is 9.82. The summed E-state index contributed by atoms with van der Waals surface area (Å²) in [5.41, 5.74) is 0.793. The van der Waals surface area contributed by atoms with Crippen LogP contribution >= 0.6 is 34.8 Å². The topological polar surface area (TPSA) is 63.0 Å². The predicted octanol–water partition coefficient (Wildman–Crippen LogP) is 5.44. The molecule has 3 aromatic carbocycles. The Hall–Kier alpha value is -2.86. The van der Waals surface area contributed by atoms with Gasteiger partial charge in [-0.3, -0.25) is 4.79 Å². The summed E-state index contributed by atoms with van der Waals surface area (Å²) >= 11 is 19.0. The van der Waals surface area contributed by atoms with Gasteiger partial charge in [-0.25, -0.2) is 4.99 Å². The molecule has 31 heavy (non-hydrogen) atoms. The molecule has 8 heteroatoms. The summed E-state index contributed by atoms with van der Waals surface area (Å²) in [6.07, 6.45) is 0. The lowest BCUT2D eigenvalue weighted by molar-refractivity contribution is -0.140. The highest BCUT2D eigenvalue weighted by Gasteiger charge is 2.60. The molecule has 5 nitrogen and oxygen atoms in total. The first-order chi connectivity index (χ1) is 15.0. The van der Waals surface area contributed by atoms with E-state index >= 15 is 0 Å². The van der Waals surface area contributed by atoms with Gasteiger partial charge in [0.25, 0.3) is 5.91 Å². The molecule has 1 spiro atoms. The molecule has 1 N–H and O–H groups in total. The van der Waals surface area contributed by atoms with Crippen molar-refractivity contribution in [1.82, 2.24) is 5.32 Å². The Labute approximate surface area is 193 Å². The van der Waals surface area contributed by atoms with Gasteiger partial charge >= 0.3 is 5.72 Å². The summed E-state index contributed by atoms with van der Waals surface area (Å²) in [5, 5.41) is 8.47. The number of nitrogens with one attached hydrogen (secondary N) is 1. The molecule has 0 saturated heterocycles. The van der Waals surface area contributed by atoms with E-state index in [9.17, 15) is 4.79 Å². The minimum Gasteiger partial charge on any atom is -0.353 e. The van der Waals surface area contributed by atoms with Gasteiger partial charge in [-0.15, -0.1) is 0 Å². The normalized spacial score (nSPS) is 22.2. The first-order valence-corrected chi connectivity index (χ1v) is 10.6. The molecular weight excluding hydrogens is 457 g/mol. The Morgan fingerprint density at radius 1 is 0.871 bits per heavy atom. The summed E-state index contributed by atoms with van der Waals surface area (Å²) in [5.74, 6) is -0.706. The fourth-order valence-corrected chi connectivity index (χ4v) is 4.53. The van der Waals surface area contributed by atoms with E-state index in [0.717, 1.165) is 11.1 Å². The Morgan fingerprint density at radius 2 is 1.55 bits per heavy atom. The number of carbonyl (C=O) groups excluding carboxylic acids is 1. The molecule has 0 bridgehead atoms. The Kier molecular flexibility index (Phi) is 4.97. The van der Waals surface area contributed by atoms with Crippen LogP contribution in [0, 0.1) is 0 Å². The van der Waals surface area contributed by atoms with Crippen LogP contribution in [-0.4, -0.2) is 23.2 Å². The number of benzene rings is 3. The van der Waals surface area contributed by atoms with Crippen LogP contribution in [0.5, 0.6) is 0 Å². The number of hydrogen-bond acceptors (Lipinski definition) is 4. The number of aliphatic imine (C=N–C) groups is 1. The van der Waals surface area contributed by atoms with Gasteiger partial charge in [0.15, 0.2) is 0 Å². The highest BCUT2D eigenvalue weighted by atomic mass is 35.5. The van der Waals surface area contributed by atoms with E-state index in [-0.39, 0.29) is 0 Å². The SMILES string of the molecule is O=C1NC(c2ccccc2)=N[C@]12ON=C(c1c(Cl)cccc1Cl)[C@H]2c1ccc(Cl)cc1. The van der Waals surface area contributed by atoms with Gasteiger partial charge in [-0.05, 0) is 29.8 Å². The van der Waals surface area contributed by atoms with Gasteiger partial charge in [0.1, 0.15) is 17.5 Å². The highest BCUT2D eigenvalue weighted by Crippen LogP contribution is 2.46. The summed E-state index contributed by atoms with van der Waals surface area (Å²) in [6.45, 7) is 0. The van der Waals surface area contributed by atoms with Crippen LogP contribution in [0.4, 0.5) is 0 Å². The average molecular weight is 471 g/mol. The molecule has 0 fully saturated rings. The number of amidine groups is 1. The van der Waals surface area contributed by atoms with Crippen LogP contribution in [-0.2, 0) is 9.63 Å². The van der Waals surface area contributed by atoms with Crippen molar-refractivity contribution >= 4 is 52.3 Å². The molecule has 5 rings (SSSR count). The third-order valence-electron chi connectivity index (χ3n) is 5.25. The molecule has 0 saturated carbocycles. The molecule has 2 aliphatic rings. The second-order valence-electron chi connectivity index (χ2n) is 7.13. The third kappa shape index (κ3) is 3.30. The lowest BCUT2D eigenvalue weighted by Gasteiger charge is -2.24. The zero-order valence-electron chi connectivity index (χ0n) is 15.9. The Bertz CT molecular complexity index is 1220. The average Bonchev–Trinajstić information content (AvgIpc) is 3.30. The van der Waals surface area contributed by atoms with Crippen molar-refractivity contribution in [1.29, 1.82) is 0 Å². The number of carbonyl (C=O) groups is 1. The minimum absolute atomic E-state index is 0.400. The van der Waals surface area contributed by atoms with Crippen LogP contribution in [0.1, 0.15) is 22.6 Å². The first-order valence-electron chi connectivity index (χ1n) is 9.42. The standard InChI is InChI=1S/C23H14Cl3N3O2/c24-15-11-9-13(10-12-15)19-20(18-16(25)7-4-8-17(18)26)29-31-23(19)22(30)27-21(28-23)14-5-2-1-3-6-14/h1-12,19H,(H,27,28,30)/t19-,23-/m1/s1. The maximum absolute atomic E-state index is 13.3. The van der Waals surface area contributed by atoms with Crippen molar-refractivity contribution in [2.45, 2.75) is 11.6 Å². The molecule has 2 heterocycles. The quantitative estimate of drug-likeness (QED) is 0.554. The summed E-state index contributed by atoms with van der Waals surface area (Å²) in [4.78, 5) is 23.7. The van der Waals surface area contributed by atoms with Crippen molar-refractivity contribution in [2.24, 2.45) is 10.1 Å². The number of halogens is 3. The van der Waals surface area contributed by atoms with Gasteiger partial charge in [0, 0.05) is 16.1 Å². The summed E-state index contributed by atoms with van der Waals surface area (Å²) < 4.78 is 0. The van der Waals surface area contributed by atoms with Gasteiger partial charge in [0.05, 0.1) is 10.0 Å². The molecule has 0 radical (unpaired) electrons. The number of hydrogen-bond donors (Lipinski definition) is 1. The third-order valence-corrected chi connectivity index (χ3v) is 6.13. The monoisotopic (exact) mass is 469 g/mol. The minimum atomic E-state index is -1.63. The van der Waals surface area contributed by atoms with E-state index in [1.54, 1.807) is 30.3 Å². The molecule has 2 atom stereocenters.